The van der Waals surface area contributed by atoms with Gasteiger partial charge < -0.3 is 9.47 Å². The molecule has 0 N–H and O–H groups in total. The molecular weight excluding hydrogens is 180 g/mol. The largest absolute Gasteiger partial charge is 0.459 e. The molecule has 3 aliphatic rings. The van der Waals surface area contributed by atoms with Crippen LogP contribution in [0.1, 0.15) is 39.5 Å². The van der Waals surface area contributed by atoms with Crippen LogP contribution in [0.2, 0.25) is 0 Å². The number of carbonyl (C=O) groups excluding carboxylic acids is 1. The van der Waals surface area contributed by atoms with Gasteiger partial charge in [-0.25, -0.2) is 0 Å². The maximum atomic E-state index is 11.9. The molecule has 0 aromatic carbocycles. The van der Waals surface area contributed by atoms with Crippen LogP contribution in [0.4, 0.5) is 0 Å². The van der Waals surface area contributed by atoms with Crippen LogP contribution in [-0.4, -0.2) is 23.8 Å². The summed E-state index contributed by atoms with van der Waals surface area (Å²) in [4.78, 5) is 11.9. The third-order valence-corrected chi connectivity index (χ3v) is 3.83. The first-order valence-corrected chi connectivity index (χ1v) is 5.41. The fraction of sp³-hybridized carbons (Fsp3) is 0.909. The van der Waals surface area contributed by atoms with E-state index in [0.29, 0.717) is 6.10 Å². The molecule has 0 aromatic heterocycles. The number of fused-ring (bicyclic) bond motifs is 3. The van der Waals surface area contributed by atoms with Crippen molar-refractivity contribution in [2.75, 3.05) is 0 Å². The minimum Gasteiger partial charge on any atom is -0.459 e. The second kappa shape index (κ2) is 2.32. The summed E-state index contributed by atoms with van der Waals surface area (Å²) >= 11 is 0. The minimum atomic E-state index is -0.287. The van der Waals surface area contributed by atoms with Gasteiger partial charge in [0.05, 0.1) is 12.2 Å². The van der Waals surface area contributed by atoms with Crippen molar-refractivity contribution in [3.63, 3.8) is 0 Å². The van der Waals surface area contributed by atoms with Crippen molar-refractivity contribution < 1.29 is 14.3 Å². The van der Waals surface area contributed by atoms with Gasteiger partial charge in [-0.3, -0.25) is 4.79 Å². The third-order valence-electron chi connectivity index (χ3n) is 3.83. The molecular formula is C11H16O3. The van der Waals surface area contributed by atoms with Crippen molar-refractivity contribution in [1.82, 2.24) is 0 Å². The molecule has 0 saturated carbocycles. The highest BCUT2D eigenvalue weighted by molar-refractivity contribution is 5.81. The van der Waals surface area contributed by atoms with Crippen molar-refractivity contribution in [3.8, 4) is 0 Å². The number of hydrogen-bond acceptors (Lipinski definition) is 3. The Balaban J connectivity index is 1.95. The molecule has 3 aliphatic heterocycles. The van der Waals surface area contributed by atoms with E-state index in [1.807, 2.05) is 13.8 Å². The normalized spacial score (nSPS) is 48.9. The fourth-order valence-electron chi connectivity index (χ4n) is 3.42. The quantitative estimate of drug-likeness (QED) is 0.553. The Morgan fingerprint density at radius 1 is 1.36 bits per heavy atom. The molecule has 78 valence electrons. The topological polar surface area (TPSA) is 35.5 Å². The highest BCUT2D eigenvalue weighted by atomic mass is 16.6. The summed E-state index contributed by atoms with van der Waals surface area (Å²) < 4.78 is 11.2. The first-order valence-electron chi connectivity index (χ1n) is 5.41. The molecule has 3 fully saturated rings. The van der Waals surface area contributed by atoms with E-state index in [4.69, 9.17) is 9.47 Å². The average molecular weight is 196 g/mol. The Morgan fingerprint density at radius 3 is 2.57 bits per heavy atom. The first kappa shape index (κ1) is 8.72. The molecule has 1 unspecified atom stereocenters. The lowest BCUT2D eigenvalue weighted by molar-refractivity contribution is -0.154. The molecule has 2 bridgehead atoms. The molecule has 0 amide bonds. The van der Waals surface area contributed by atoms with Crippen LogP contribution in [0.15, 0.2) is 0 Å². The van der Waals surface area contributed by atoms with Crippen LogP contribution in [-0.2, 0) is 14.3 Å². The Kier molecular flexibility index (Phi) is 1.45. The van der Waals surface area contributed by atoms with E-state index >= 15 is 0 Å². The maximum absolute atomic E-state index is 11.9. The van der Waals surface area contributed by atoms with Crippen LogP contribution in [0, 0.1) is 5.41 Å². The second-order valence-corrected chi connectivity index (χ2v) is 5.51. The van der Waals surface area contributed by atoms with Gasteiger partial charge in [0.1, 0.15) is 11.0 Å². The summed E-state index contributed by atoms with van der Waals surface area (Å²) in [5.74, 6) is -0.0188. The fourth-order valence-corrected chi connectivity index (χ4v) is 3.42. The van der Waals surface area contributed by atoms with Gasteiger partial charge in [0.25, 0.3) is 0 Å². The highest BCUT2D eigenvalue weighted by Crippen LogP contribution is 2.56. The van der Waals surface area contributed by atoms with E-state index in [9.17, 15) is 4.79 Å². The van der Waals surface area contributed by atoms with Gasteiger partial charge >= 0.3 is 5.97 Å². The van der Waals surface area contributed by atoms with Gasteiger partial charge in [0.2, 0.25) is 0 Å². The molecule has 3 nitrogen and oxygen atoms in total. The molecule has 0 aliphatic carbocycles. The van der Waals surface area contributed by atoms with Crippen LogP contribution in [0.3, 0.4) is 0 Å². The molecule has 0 aromatic rings. The van der Waals surface area contributed by atoms with Crippen LogP contribution < -0.4 is 0 Å². The van der Waals surface area contributed by atoms with Crippen molar-refractivity contribution >= 4 is 5.97 Å². The van der Waals surface area contributed by atoms with E-state index in [1.165, 1.54) is 0 Å². The van der Waals surface area contributed by atoms with Crippen LogP contribution in [0.5, 0.6) is 0 Å². The minimum absolute atomic E-state index is 0.0188. The lowest BCUT2D eigenvalue weighted by atomic mass is 9.70. The van der Waals surface area contributed by atoms with E-state index < -0.39 is 0 Å². The Morgan fingerprint density at radius 2 is 2.14 bits per heavy atom. The number of ether oxygens (including phenoxy) is 2. The molecule has 3 heterocycles. The summed E-state index contributed by atoms with van der Waals surface area (Å²) in [6.07, 6.45) is 4.35. The molecule has 3 heteroatoms. The van der Waals surface area contributed by atoms with E-state index in [0.717, 1.165) is 25.7 Å². The van der Waals surface area contributed by atoms with Gasteiger partial charge in [0, 0.05) is 6.42 Å². The number of hydrogen-bond donors (Lipinski definition) is 0. The maximum Gasteiger partial charge on any atom is 0.315 e. The van der Waals surface area contributed by atoms with E-state index in [-0.39, 0.29) is 23.1 Å². The SMILES string of the molecule is CC1(C)C[C@@]2(CC3CC[C@H]2O3)C(=O)O1. The summed E-state index contributed by atoms with van der Waals surface area (Å²) in [5.41, 5.74) is -0.572. The number of esters is 1. The van der Waals surface area contributed by atoms with Gasteiger partial charge in [0.15, 0.2) is 0 Å². The summed E-state index contributed by atoms with van der Waals surface area (Å²) in [5, 5.41) is 0. The molecule has 3 rings (SSSR count). The van der Waals surface area contributed by atoms with Gasteiger partial charge in [-0.1, -0.05) is 0 Å². The Labute approximate surface area is 83.8 Å². The smallest absolute Gasteiger partial charge is 0.315 e. The Bertz CT molecular complexity index is 297. The van der Waals surface area contributed by atoms with Crippen LogP contribution >= 0.6 is 0 Å². The van der Waals surface area contributed by atoms with E-state index in [1.54, 1.807) is 0 Å². The standard InChI is InChI=1S/C11H16O3/c1-10(2)6-11(9(12)14-10)5-7-3-4-8(11)13-7/h7-8H,3-6H2,1-2H3/t7?,8-,11-/m1/s1. The number of cyclic esters (lactones) is 1. The molecule has 0 radical (unpaired) electrons. The van der Waals surface area contributed by atoms with Gasteiger partial charge in [-0.2, -0.15) is 0 Å². The number of rotatable bonds is 0. The third kappa shape index (κ3) is 0.937. The lowest BCUT2D eigenvalue weighted by Gasteiger charge is -2.26. The van der Waals surface area contributed by atoms with Crippen LogP contribution in [0.25, 0.3) is 0 Å². The molecule has 3 atom stereocenters. The first-order chi connectivity index (χ1) is 6.52. The van der Waals surface area contributed by atoms with E-state index in [2.05, 4.69) is 0 Å². The van der Waals surface area contributed by atoms with Crippen molar-refractivity contribution in [1.29, 1.82) is 0 Å². The van der Waals surface area contributed by atoms with Crippen molar-refractivity contribution in [3.05, 3.63) is 0 Å². The monoisotopic (exact) mass is 196 g/mol. The predicted molar refractivity (Wildman–Crippen MR) is 49.7 cm³/mol. The number of carbonyl (C=O) groups is 1. The predicted octanol–water partition coefficient (Wildman–Crippen LogP) is 1.65. The zero-order valence-electron chi connectivity index (χ0n) is 8.71. The Hall–Kier alpha value is -0.570. The van der Waals surface area contributed by atoms with Gasteiger partial charge in [-0.05, 0) is 33.1 Å². The summed E-state index contributed by atoms with van der Waals surface area (Å²) in [7, 11) is 0. The average Bonchev–Trinajstić information content (AvgIpc) is 2.65. The second-order valence-electron chi connectivity index (χ2n) is 5.51. The van der Waals surface area contributed by atoms with Crippen molar-refractivity contribution in [2.45, 2.75) is 57.3 Å². The molecule has 1 spiro atoms. The van der Waals surface area contributed by atoms with Gasteiger partial charge in [-0.15, -0.1) is 0 Å². The summed E-state index contributed by atoms with van der Waals surface area (Å²) in [6, 6.07) is 0. The van der Waals surface area contributed by atoms with Crippen molar-refractivity contribution in [2.24, 2.45) is 5.41 Å². The zero-order valence-corrected chi connectivity index (χ0v) is 8.71. The summed E-state index contributed by atoms with van der Waals surface area (Å²) in [6.45, 7) is 3.98. The molecule has 14 heavy (non-hydrogen) atoms. The lowest BCUT2D eigenvalue weighted by Crippen LogP contribution is -2.37. The highest BCUT2D eigenvalue weighted by Gasteiger charge is 2.64. The molecule has 3 saturated heterocycles. The zero-order chi connectivity index (χ0) is 9.97.